The summed E-state index contributed by atoms with van der Waals surface area (Å²) in [5, 5.41) is 31.0. The molecule has 0 aromatic rings. The fourth-order valence-electron chi connectivity index (χ4n) is 3.42. The summed E-state index contributed by atoms with van der Waals surface area (Å²) in [6, 6.07) is 0. The molecule has 1 unspecified atom stereocenters. The number of hydrogen-bond acceptors (Lipinski definition) is 14. The van der Waals surface area contributed by atoms with Crippen molar-refractivity contribution in [2.24, 2.45) is 0 Å². The van der Waals surface area contributed by atoms with Crippen molar-refractivity contribution in [1.82, 2.24) is 0 Å². The summed E-state index contributed by atoms with van der Waals surface area (Å²) in [7, 11) is -16.5. The molecule has 0 aromatic carbocycles. The number of aliphatic hydroxyl groups is 3. The maximum Gasteiger partial charge on any atom is 0.472 e. The summed E-state index contributed by atoms with van der Waals surface area (Å²) in [5.41, 5.74) is 0. The molecule has 8 atom stereocenters. The van der Waals surface area contributed by atoms with Crippen molar-refractivity contribution in [3.63, 3.8) is 0 Å². The lowest BCUT2D eigenvalue weighted by Crippen LogP contribution is -2.65. The number of aliphatic hydroxyl groups excluding tert-OH is 3. The number of phosphoric acid groups is 3. The molecule has 1 aliphatic rings. The van der Waals surface area contributed by atoms with Gasteiger partial charge in [0.05, 0.1) is 6.61 Å². The summed E-state index contributed by atoms with van der Waals surface area (Å²) < 4.78 is 63.1. The highest BCUT2D eigenvalue weighted by molar-refractivity contribution is 7.47. The number of ether oxygens (including phenoxy) is 2. The van der Waals surface area contributed by atoms with Gasteiger partial charge in [-0.05, 0) is 6.42 Å². The number of rotatable bonds is 18. The normalized spacial score (nSPS) is 27.6. The van der Waals surface area contributed by atoms with Gasteiger partial charge in [0, 0.05) is 12.8 Å². The second-order valence-corrected chi connectivity index (χ2v) is 12.4. The Kier molecular flexibility index (Phi) is 15.7. The molecule has 1 rings (SSSR count). The first kappa shape index (κ1) is 38.2. The van der Waals surface area contributed by atoms with Crippen LogP contribution in [0.4, 0.5) is 0 Å². The van der Waals surface area contributed by atoms with E-state index in [4.69, 9.17) is 33.6 Å². The number of carbonyl (C=O) groups is 2. The Balaban J connectivity index is 3.05. The highest BCUT2D eigenvalue weighted by atomic mass is 31.2. The molecule has 0 bridgehead atoms. The van der Waals surface area contributed by atoms with Crippen molar-refractivity contribution >= 4 is 35.4 Å². The van der Waals surface area contributed by atoms with Gasteiger partial charge in [-0.25, -0.2) is 13.7 Å². The van der Waals surface area contributed by atoms with Gasteiger partial charge in [-0.3, -0.25) is 27.7 Å². The topological polar surface area (TPSA) is 303 Å². The van der Waals surface area contributed by atoms with Crippen LogP contribution in [0.25, 0.3) is 0 Å². The average molecular weight is 660 g/mol. The van der Waals surface area contributed by atoms with E-state index in [9.17, 15) is 43.5 Å². The van der Waals surface area contributed by atoms with E-state index in [-0.39, 0.29) is 19.3 Å². The quantitative estimate of drug-likeness (QED) is 0.0378. The van der Waals surface area contributed by atoms with Crippen LogP contribution in [0.3, 0.4) is 0 Å². The molecule has 41 heavy (non-hydrogen) atoms. The second-order valence-electron chi connectivity index (χ2n) is 8.64. The zero-order chi connectivity index (χ0) is 31.6. The van der Waals surface area contributed by atoms with Crippen LogP contribution in [0.2, 0.25) is 0 Å². The van der Waals surface area contributed by atoms with Crippen molar-refractivity contribution in [3.8, 4) is 0 Å². The molecule has 1 fully saturated rings. The van der Waals surface area contributed by atoms with Crippen LogP contribution in [0.15, 0.2) is 0 Å². The third kappa shape index (κ3) is 14.4. The van der Waals surface area contributed by atoms with Crippen LogP contribution in [0.1, 0.15) is 38.5 Å². The van der Waals surface area contributed by atoms with Crippen molar-refractivity contribution in [3.05, 3.63) is 13.8 Å². The first-order valence-corrected chi connectivity index (χ1v) is 16.5. The Morgan fingerprint density at radius 2 is 1.22 bits per heavy atom. The van der Waals surface area contributed by atoms with Crippen molar-refractivity contribution in [1.29, 1.82) is 0 Å². The van der Waals surface area contributed by atoms with E-state index in [1.807, 2.05) is 0 Å². The average Bonchev–Trinajstić information content (AvgIpc) is 2.83. The van der Waals surface area contributed by atoms with Crippen LogP contribution in [0, 0.1) is 13.8 Å². The van der Waals surface area contributed by atoms with E-state index in [0.717, 1.165) is 0 Å². The molecule has 19 nitrogen and oxygen atoms in total. The maximum atomic E-state index is 12.6. The summed E-state index contributed by atoms with van der Waals surface area (Å²) in [6.45, 7) is 5.53. The van der Waals surface area contributed by atoms with Gasteiger partial charge >= 0.3 is 35.4 Å². The third-order valence-electron chi connectivity index (χ3n) is 5.21. The second kappa shape index (κ2) is 16.9. The van der Waals surface area contributed by atoms with Crippen LogP contribution in [-0.2, 0) is 50.9 Å². The van der Waals surface area contributed by atoms with E-state index in [2.05, 4.69) is 27.4 Å². The smallest absolute Gasteiger partial charge is 0.462 e. The van der Waals surface area contributed by atoms with Crippen molar-refractivity contribution < 1.29 is 90.6 Å². The predicted molar refractivity (Wildman–Crippen MR) is 132 cm³/mol. The van der Waals surface area contributed by atoms with E-state index in [1.54, 1.807) is 0 Å². The molecule has 242 valence electrons. The molecule has 8 N–H and O–H groups in total. The summed E-state index contributed by atoms with van der Waals surface area (Å²) in [6.07, 6.45) is -14.8. The molecule has 0 saturated heterocycles. The SMILES string of the molecule is [CH2-]CCCCC(=O)O[C@H](COC(=O)CC[CH2-])COP(=O)(O)O[C@@H]1[C@H](O)[C@H](O)[C@@H](OP(=O)(O)O)[C@H](OP(=O)(O)O)[C@H]1O. The van der Waals surface area contributed by atoms with Gasteiger partial charge in [0.2, 0.25) is 0 Å². The molecule has 0 spiro atoms. The Bertz CT molecular complexity index is 981. The number of esters is 2. The van der Waals surface area contributed by atoms with Gasteiger partial charge in [0.1, 0.15) is 43.2 Å². The van der Waals surface area contributed by atoms with E-state index < -0.39 is 91.3 Å². The van der Waals surface area contributed by atoms with E-state index >= 15 is 0 Å². The van der Waals surface area contributed by atoms with Gasteiger partial charge in [-0.1, -0.05) is 6.42 Å². The molecular formula is C19H35O19P3-2. The highest BCUT2D eigenvalue weighted by Crippen LogP contribution is 2.51. The fourth-order valence-corrected chi connectivity index (χ4v) is 5.52. The molecule has 0 heterocycles. The standard InChI is InChI=1S/C19H35O19P3/c1-3-5-6-8-13(21)35-11(9-33-12(20)7-4-2)10-34-41(31,32)38-17-14(22)15(23)18(36-39(25,26)27)19(16(17)24)37-40(28,29)30/h11,14-19,22-24H,1-10H2,(H,31,32)(H2,25,26,27)(H2,28,29,30)/q-2/t11-,14-,15+,16+,17-,18-,19-/m1/s1. The predicted octanol–water partition coefficient (Wildman–Crippen LogP) is -0.996. The molecule has 1 aliphatic carbocycles. The number of unbranched alkanes of at least 4 members (excludes halogenated alkanes) is 2. The minimum Gasteiger partial charge on any atom is -0.462 e. The molecule has 0 radical (unpaired) electrons. The van der Waals surface area contributed by atoms with Gasteiger partial charge < -0.3 is 63.1 Å². The minimum absolute atomic E-state index is 0.0662. The maximum absolute atomic E-state index is 12.6. The lowest BCUT2D eigenvalue weighted by atomic mass is 9.85. The number of carbonyl (C=O) groups excluding carboxylic acids is 2. The molecular weight excluding hydrogens is 625 g/mol. The zero-order valence-corrected chi connectivity index (χ0v) is 24.2. The summed E-state index contributed by atoms with van der Waals surface area (Å²) >= 11 is 0. The van der Waals surface area contributed by atoms with Crippen molar-refractivity contribution in [2.45, 2.75) is 81.3 Å². The van der Waals surface area contributed by atoms with Crippen LogP contribution in [-0.4, -0.2) is 108 Å². The van der Waals surface area contributed by atoms with E-state index in [0.29, 0.717) is 19.3 Å². The lowest BCUT2D eigenvalue weighted by molar-refractivity contribution is -0.213. The first-order valence-electron chi connectivity index (χ1n) is 11.9. The Labute approximate surface area is 234 Å². The molecule has 1 saturated carbocycles. The first-order chi connectivity index (χ1) is 18.8. The van der Waals surface area contributed by atoms with Crippen LogP contribution in [0.5, 0.6) is 0 Å². The lowest BCUT2D eigenvalue weighted by Gasteiger charge is -2.44. The molecule has 0 aromatic heterocycles. The zero-order valence-electron chi connectivity index (χ0n) is 21.5. The van der Waals surface area contributed by atoms with Gasteiger partial charge in [0.15, 0.2) is 6.10 Å². The Morgan fingerprint density at radius 1 is 0.683 bits per heavy atom. The summed E-state index contributed by atoms with van der Waals surface area (Å²) in [4.78, 5) is 70.2. The number of phosphoric ester groups is 3. The van der Waals surface area contributed by atoms with Crippen LogP contribution >= 0.6 is 23.5 Å². The molecule has 0 aliphatic heterocycles. The minimum atomic E-state index is -5.57. The fraction of sp³-hybridized carbons (Fsp3) is 0.789. The third-order valence-corrected chi connectivity index (χ3v) is 7.23. The van der Waals surface area contributed by atoms with Gasteiger partial charge in [0.25, 0.3) is 0 Å². The number of hydrogen-bond donors (Lipinski definition) is 8. The van der Waals surface area contributed by atoms with E-state index in [1.165, 1.54) is 0 Å². The monoisotopic (exact) mass is 660 g/mol. The Morgan fingerprint density at radius 3 is 1.73 bits per heavy atom. The summed E-state index contributed by atoms with van der Waals surface area (Å²) in [5.74, 6) is -1.50. The van der Waals surface area contributed by atoms with Crippen LogP contribution < -0.4 is 0 Å². The van der Waals surface area contributed by atoms with Gasteiger partial charge in [-0.2, -0.15) is 12.8 Å². The molecule has 0 amide bonds. The van der Waals surface area contributed by atoms with Crippen molar-refractivity contribution in [2.75, 3.05) is 13.2 Å². The Hall–Kier alpha value is -0.850. The highest BCUT2D eigenvalue weighted by Gasteiger charge is 2.56. The molecule has 22 heteroatoms. The largest absolute Gasteiger partial charge is 0.472 e. The van der Waals surface area contributed by atoms with Gasteiger partial charge in [-0.15, -0.1) is 0 Å².